The van der Waals surface area contributed by atoms with Gasteiger partial charge in [0, 0.05) is 6.42 Å². The average Bonchev–Trinajstić information content (AvgIpc) is 2.47. The average molecular weight is 269 g/mol. The van der Waals surface area contributed by atoms with Crippen molar-refractivity contribution in [2.24, 2.45) is 0 Å². The number of halogens is 1. The lowest BCUT2D eigenvalue weighted by Gasteiger charge is -2.11. The molecule has 0 amide bonds. The Labute approximate surface area is 118 Å². The van der Waals surface area contributed by atoms with E-state index in [-0.39, 0.29) is 17.5 Å². The van der Waals surface area contributed by atoms with E-state index in [2.05, 4.69) is 6.07 Å². The Morgan fingerprint density at radius 1 is 1.15 bits per heavy atom. The van der Waals surface area contributed by atoms with Crippen molar-refractivity contribution in [2.75, 3.05) is 6.61 Å². The van der Waals surface area contributed by atoms with Crippen LogP contribution in [0.4, 0.5) is 4.39 Å². The molecule has 20 heavy (non-hydrogen) atoms. The minimum atomic E-state index is -0.378. The lowest BCUT2D eigenvalue weighted by atomic mass is 9.97. The molecule has 0 radical (unpaired) electrons. The van der Waals surface area contributed by atoms with Gasteiger partial charge in [-0.1, -0.05) is 42.0 Å². The maximum absolute atomic E-state index is 13.4. The van der Waals surface area contributed by atoms with Gasteiger partial charge in [0.05, 0.1) is 18.6 Å². The van der Waals surface area contributed by atoms with Crippen LogP contribution in [0.2, 0.25) is 0 Å². The highest BCUT2D eigenvalue weighted by atomic mass is 19.1. The first-order valence-electron chi connectivity index (χ1n) is 6.54. The molecule has 1 unspecified atom stereocenters. The predicted molar refractivity (Wildman–Crippen MR) is 76.0 cm³/mol. The number of rotatable bonds is 5. The van der Waals surface area contributed by atoms with E-state index in [1.807, 2.05) is 31.2 Å². The monoisotopic (exact) mass is 269 g/mol. The van der Waals surface area contributed by atoms with E-state index in [0.29, 0.717) is 13.0 Å². The number of aryl methyl sites for hydroxylation is 1. The van der Waals surface area contributed by atoms with E-state index in [0.717, 1.165) is 11.1 Å². The standard InChI is InChI=1S/C17H16FNO/c1-13-6-8-14(9-7-13)15(12-19)10-11-20-17-5-3-2-4-16(17)18/h2-9,15H,10-11H2,1H3. The number of nitriles is 1. The van der Waals surface area contributed by atoms with Crippen LogP contribution in [0.15, 0.2) is 48.5 Å². The highest BCUT2D eigenvalue weighted by Crippen LogP contribution is 2.21. The number of nitrogens with zero attached hydrogens (tertiary/aromatic N) is 1. The second-order valence-electron chi connectivity index (χ2n) is 4.66. The molecule has 0 N–H and O–H groups in total. The summed E-state index contributed by atoms with van der Waals surface area (Å²) in [6.45, 7) is 2.32. The van der Waals surface area contributed by atoms with Gasteiger partial charge in [0.1, 0.15) is 0 Å². The van der Waals surface area contributed by atoms with Gasteiger partial charge in [-0.25, -0.2) is 4.39 Å². The van der Waals surface area contributed by atoms with Crippen molar-refractivity contribution in [3.8, 4) is 11.8 Å². The smallest absolute Gasteiger partial charge is 0.165 e. The zero-order valence-electron chi connectivity index (χ0n) is 11.3. The lowest BCUT2D eigenvalue weighted by Crippen LogP contribution is -2.05. The highest BCUT2D eigenvalue weighted by molar-refractivity contribution is 5.28. The number of hydrogen-bond acceptors (Lipinski definition) is 2. The molecule has 102 valence electrons. The Balaban J connectivity index is 1.94. The minimum absolute atomic E-state index is 0.230. The Morgan fingerprint density at radius 3 is 2.50 bits per heavy atom. The molecular formula is C17H16FNO. The molecule has 2 aromatic rings. The van der Waals surface area contributed by atoms with Crippen LogP contribution in [0, 0.1) is 24.1 Å². The largest absolute Gasteiger partial charge is 0.490 e. The molecule has 0 aliphatic carbocycles. The molecule has 2 rings (SSSR count). The van der Waals surface area contributed by atoms with Crippen LogP contribution in [0.1, 0.15) is 23.5 Å². The molecular weight excluding hydrogens is 253 g/mol. The molecule has 1 atom stereocenters. The van der Waals surface area contributed by atoms with Crippen LogP contribution < -0.4 is 4.74 Å². The third-order valence-electron chi connectivity index (χ3n) is 3.14. The highest BCUT2D eigenvalue weighted by Gasteiger charge is 2.11. The van der Waals surface area contributed by atoms with Gasteiger partial charge >= 0.3 is 0 Å². The van der Waals surface area contributed by atoms with Crippen molar-refractivity contribution in [1.82, 2.24) is 0 Å². The van der Waals surface area contributed by atoms with E-state index in [1.165, 1.54) is 6.07 Å². The van der Waals surface area contributed by atoms with Crippen LogP contribution in [0.25, 0.3) is 0 Å². The summed E-state index contributed by atoms with van der Waals surface area (Å²) in [7, 11) is 0. The third-order valence-corrected chi connectivity index (χ3v) is 3.14. The molecule has 0 aliphatic heterocycles. The molecule has 0 heterocycles. The van der Waals surface area contributed by atoms with Crippen LogP contribution >= 0.6 is 0 Å². The molecule has 0 spiro atoms. The fourth-order valence-corrected chi connectivity index (χ4v) is 1.95. The number of benzene rings is 2. The lowest BCUT2D eigenvalue weighted by molar-refractivity contribution is 0.291. The van der Waals surface area contributed by atoms with E-state index in [4.69, 9.17) is 4.74 Å². The quantitative estimate of drug-likeness (QED) is 0.814. The van der Waals surface area contributed by atoms with Gasteiger partial charge in [0.15, 0.2) is 11.6 Å². The molecule has 0 aliphatic rings. The SMILES string of the molecule is Cc1ccc(C(C#N)CCOc2ccccc2F)cc1. The topological polar surface area (TPSA) is 33.0 Å². The molecule has 2 aromatic carbocycles. The molecule has 0 saturated carbocycles. The van der Waals surface area contributed by atoms with Crippen LogP contribution in [0.3, 0.4) is 0 Å². The summed E-state index contributed by atoms with van der Waals surface area (Å²) >= 11 is 0. The Kier molecular flexibility index (Phi) is 4.73. The molecule has 2 nitrogen and oxygen atoms in total. The Morgan fingerprint density at radius 2 is 1.85 bits per heavy atom. The summed E-state index contributed by atoms with van der Waals surface area (Å²) in [4.78, 5) is 0. The van der Waals surface area contributed by atoms with E-state index in [9.17, 15) is 9.65 Å². The first-order valence-corrected chi connectivity index (χ1v) is 6.54. The van der Waals surface area contributed by atoms with Gasteiger partial charge < -0.3 is 4.74 Å². The predicted octanol–water partition coefficient (Wildman–Crippen LogP) is 4.21. The molecule has 3 heteroatoms. The van der Waals surface area contributed by atoms with E-state index in [1.54, 1.807) is 18.2 Å². The second kappa shape index (κ2) is 6.72. The van der Waals surface area contributed by atoms with Crippen LogP contribution in [0.5, 0.6) is 5.75 Å². The van der Waals surface area contributed by atoms with Crippen molar-refractivity contribution in [3.63, 3.8) is 0 Å². The fourth-order valence-electron chi connectivity index (χ4n) is 1.95. The third kappa shape index (κ3) is 3.58. The number of hydrogen-bond donors (Lipinski definition) is 0. The van der Waals surface area contributed by atoms with Gasteiger partial charge in [-0.3, -0.25) is 0 Å². The Hall–Kier alpha value is -2.34. The molecule has 0 fully saturated rings. The van der Waals surface area contributed by atoms with Crippen molar-refractivity contribution in [2.45, 2.75) is 19.3 Å². The molecule has 0 bridgehead atoms. The second-order valence-corrected chi connectivity index (χ2v) is 4.66. The van der Waals surface area contributed by atoms with Gasteiger partial charge in [-0.2, -0.15) is 5.26 Å². The van der Waals surface area contributed by atoms with Crippen LogP contribution in [-0.4, -0.2) is 6.61 Å². The summed E-state index contributed by atoms with van der Waals surface area (Å²) in [5, 5.41) is 9.22. The summed E-state index contributed by atoms with van der Waals surface area (Å²) in [6, 6.07) is 16.4. The maximum Gasteiger partial charge on any atom is 0.165 e. The first kappa shape index (κ1) is 14.1. The molecule has 0 saturated heterocycles. The van der Waals surface area contributed by atoms with Crippen molar-refractivity contribution in [3.05, 3.63) is 65.5 Å². The zero-order chi connectivity index (χ0) is 14.4. The van der Waals surface area contributed by atoms with Crippen LogP contribution in [-0.2, 0) is 0 Å². The van der Waals surface area contributed by atoms with Gasteiger partial charge in [0.2, 0.25) is 0 Å². The van der Waals surface area contributed by atoms with E-state index < -0.39 is 0 Å². The normalized spacial score (nSPS) is 11.7. The fraction of sp³-hybridized carbons (Fsp3) is 0.235. The molecule has 0 aromatic heterocycles. The van der Waals surface area contributed by atoms with Crippen molar-refractivity contribution >= 4 is 0 Å². The van der Waals surface area contributed by atoms with Gasteiger partial charge in [0.25, 0.3) is 0 Å². The first-order chi connectivity index (χ1) is 9.70. The van der Waals surface area contributed by atoms with Gasteiger partial charge in [-0.05, 0) is 24.6 Å². The number of ether oxygens (including phenoxy) is 1. The summed E-state index contributed by atoms with van der Waals surface area (Å²) < 4.78 is 18.8. The number of para-hydroxylation sites is 1. The van der Waals surface area contributed by atoms with E-state index >= 15 is 0 Å². The maximum atomic E-state index is 13.4. The zero-order valence-corrected chi connectivity index (χ0v) is 11.3. The summed E-state index contributed by atoms with van der Waals surface area (Å²) in [6.07, 6.45) is 0.536. The minimum Gasteiger partial charge on any atom is -0.490 e. The van der Waals surface area contributed by atoms with Crippen molar-refractivity contribution in [1.29, 1.82) is 5.26 Å². The van der Waals surface area contributed by atoms with Gasteiger partial charge in [-0.15, -0.1) is 0 Å². The Bertz CT molecular complexity index is 601. The summed E-state index contributed by atoms with van der Waals surface area (Å²) in [5.74, 6) is -0.383. The summed E-state index contributed by atoms with van der Waals surface area (Å²) in [5.41, 5.74) is 2.13. The van der Waals surface area contributed by atoms with Crippen molar-refractivity contribution < 1.29 is 9.13 Å².